The molecule has 6 nitrogen and oxygen atoms in total. The van der Waals surface area contributed by atoms with Crippen molar-refractivity contribution in [2.24, 2.45) is 5.41 Å². The lowest BCUT2D eigenvalue weighted by atomic mass is 9.74. The molecule has 1 aromatic carbocycles. The number of benzene rings is 1. The lowest BCUT2D eigenvalue weighted by molar-refractivity contribution is -0.380. The molecule has 2 N–H and O–H groups in total. The van der Waals surface area contributed by atoms with Gasteiger partial charge >= 0.3 is 5.00 Å². The Morgan fingerprint density at radius 1 is 1.14 bits per heavy atom. The number of Topliss-reactive ketones (excluding diaryl/α,β-unsaturated/α-hetero) is 1. The van der Waals surface area contributed by atoms with Crippen LogP contribution in [0.5, 0.6) is 0 Å². The summed E-state index contributed by atoms with van der Waals surface area (Å²) in [5.41, 5.74) is 5.65. The van der Waals surface area contributed by atoms with Gasteiger partial charge in [-0.3, -0.25) is 14.9 Å². The van der Waals surface area contributed by atoms with Gasteiger partial charge in [0.2, 0.25) is 0 Å². The Balaban J connectivity index is 1.89. The van der Waals surface area contributed by atoms with Crippen molar-refractivity contribution < 1.29 is 9.72 Å². The number of ketones is 1. The lowest BCUT2D eigenvalue weighted by Crippen LogP contribution is -2.31. The molecule has 0 saturated carbocycles. The van der Waals surface area contributed by atoms with Crippen molar-refractivity contribution in [2.45, 2.75) is 46.6 Å². The molecule has 4 rings (SSSR count). The highest BCUT2D eigenvalue weighted by molar-refractivity contribution is 7.15. The number of hydrogen-bond donors (Lipinski definition) is 2. The van der Waals surface area contributed by atoms with E-state index in [0.29, 0.717) is 12.0 Å². The number of nitrogens with one attached hydrogen (secondary N) is 2. The smallest absolute Gasteiger partial charge is 0.324 e. The molecular formula is C21H23N3O3S. The zero-order valence-electron chi connectivity index (χ0n) is 16.4. The van der Waals surface area contributed by atoms with Gasteiger partial charge in [0, 0.05) is 28.6 Å². The van der Waals surface area contributed by atoms with Crippen LogP contribution < -0.4 is 10.6 Å². The topological polar surface area (TPSA) is 84.3 Å². The fourth-order valence-corrected chi connectivity index (χ4v) is 4.90. The summed E-state index contributed by atoms with van der Waals surface area (Å²) in [5, 5.41) is 18.3. The van der Waals surface area contributed by atoms with Crippen LogP contribution in [-0.4, -0.2) is 10.7 Å². The van der Waals surface area contributed by atoms with Crippen molar-refractivity contribution in [3.8, 4) is 0 Å². The summed E-state index contributed by atoms with van der Waals surface area (Å²) in [6, 6.07) is 7.03. The molecule has 0 unspecified atom stereocenters. The maximum atomic E-state index is 13.1. The average molecular weight is 398 g/mol. The Labute approximate surface area is 167 Å². The molecule has 2 aromatic rings. The molecule has 0 spiro atoms. The van der Waals surface area contributed by atoms with Crippen LogP contribution in [0.25, 0.3) is 0 Å². The predicted molar refractivity (Wildman–Crippen MR) is 112 cm³/mol. The van der Waals surface area contributed by atoms with E-state index in [-0.39, 0.29) is 21.1 Å². The van der Waals surface area contributed by atoms with E-state index in [1.807, 2.05) is 0 Å². The molecule has 0 bridgehead atoms. The third kappa shape index (κ3) is 3.20. The standard InChI is InChI=1S/C21H23N3O3S/c1-11-7-13-14(8-12(11)2)23-20(17-5-6-18(28-17)24(26)27)19-15(22-13)9-21(3,4)10-16(19)25/h5-8,20,22-23H,9-10H2,1-4H3/t20-/m0/s1. The maximum Gasteiger partial charge on any atom is 0.324 e. The van der Waals surface area contributed by atoms with Crippen molar-refractivity contribution in [3.05, 3.63) is 61.7 Å². The van der Waals surface area contributed by atoms with Crippen LogP contribution in [0.15, 0.2) is 35.5 Å². The first-order chi connectivity index (χ1) is 13.1. The molecule has 1 atom stereocenters. The van der Waals surface area contributed by atoms with Gasteiger partial charge in [-0.05, 0) is 55.0 Å². The summed E-state index contributed by atoms with van der Waals surface area (Å²) in [4.78, 5) is 24.7. The van der Waals surface area contributed by atoms with Gasteiger partial charge in [-0.25, -0.2) is 0 Å². The van der Waals surface area contributed by atoms with Crippen molar-refractivity contribution in [1.29, 1.82) is 0 Å². The number of nitrogens with zero attached hydrogens (tertiary/aromatic N) is 1. The zero-order valence-corrected chi connectivity index (χ0v) is 17.2. The maximum absolute atomic E-state index is 13.1. The van der Waals surface area contributed by atoms with Crippen molar-refractivity contribution in [3.63, 3.8) is 0 Å². The number of nitro groups is 1. The Morgan fingerprint density at radius 2 is 1.82 bits per heavy atom. The number of thiophene rings is 1. The minimum Gasteiger partial charge on any atom is -0.372 e. The number of rotatable bonds is 2. The highest BCUT2D eigenvalue weighted by Crippen LogP contribution is 2.47. The van der Waals surface area contributed by atoms with Crippen LogP contribution in [0.4, 0.5) is 16.4 Å². The van der Waals surface area contributed by atoms with Gasteiger partial charge in [0.05, 0.1) is 22.3 Å². The third-order valence-electron chi connectivity index (χ3n) is 5.50. The molecule has 0 saturated heterocycles. The average Bonchev–Trinajstić information content (AvgIpc) is 3.01. The van der Waals surface area contributed by atoms with Crippen LogP contribution in [-0.2, 0) is 4.79 Å². The Hall–Kier alpha value is -2.67. The van der Waals surface area contributed by atoms with E-state index in [9.17, 15) is 14.9 Å². The Morgan fingerprint density at radius 3 is 2.46 bits per heavy atom. The second-order valence-corrected chi connectivity index (χ2v) is 9.54. The number of carbonyl (C=O) groups is 1. The van der Waals surface area contributed by atoms with Crippen LogP contribution in [0.3, 0.4) is 0 Å². The molecular weight excluding hydrogens is 374 g/mol. The fourth-order valence-electron chi connectivity index (χ4n) is 4.02. The molecule has 1 aliphatic heterocycles. The number of aryl methyl sites for hydroxylation is 2. The highest BCUT2D eigenvalue weighted by Gasteiger charge is 2.39. The van der Waals surface area contributed by atoms with Gasteiger partial charge in [0.25, 0.3) is 0 Å². The second kappa shape index (κ2) is 6.44. The number of carbonyl (C=O) groups excluding carboxylic acids is 1. The van der Waals surface area contributed by atoms with Crippen LogP contribution in [0, 0.1) is 29.4 Å². The predicted octanol–water partition coefficient (Wildman–Crippen LogP) is 5.50. The summed E-state index contributed by atoms with van der Waals surface area (Å²) in [6.45, 7) is 8.31. The van der Waals surface area contributed by atoms with Crippen LogP contribution >= 0.6 is 11.3 Å². The largest absolute Gasteiger partial charge is 0.372 e. The minimum atomic E-state index is -0.395. The van der Waals surface area contributed by atoms with E-state index in [1.165, 1.54) is 11.6 Å². The van der Waals surface area contributed by atoms with Gasteiger partial charge in [0.1, 0.15) is 0 Å². The normalized spacial score (nSPS) is 20.6. The van der Waals surface area contributed by atoms with E-state index >= 15 is 0 Å². The summed E-state index contributed by atoms with van der Waals surface area (Å²) < 4.78 is 0. The lowest BCUT2D eigenvalue weighted by Gasteiger charge is -2.33. The molecule has 28 heavy (non-hydrogen) atoms. The first-order valence-corrected chi connectivity index (χ1v) is 10.1. The Kier molecular flexibility index (Phi) is 4.30. The van der Waals surface area contributed by atoms with Gasteiger partial charge in [-0.15, -0.1) is 0 Å². The Bertz CT molecular complexity index is 1040. The van der Waals surface area contributed by atoms with Gasteiger partial charge in [0.15, 0.2) is 5.78 Å². The highest BCUT2D eigenvalue weighted by atomic mass is 32.1. The molecule has 1 aromatic heterocycles. The van der Waals surface area contributed by atoms with Crippen LogP contribution in [0.2, 0.25) is 0 Å². The second-order valence-electron chi connectivity index (χ2n) is 8.45. The monoisotopic (exact) mass is 397 g/mol. The van der Waals surface area contributed by atoms with Gasteiger partial charge in [-0.1, -0.05) is 25.2 Å². The van der Waals surface area contributed by atoms with E-state index in [1.54, 1.807) is 6.07 Å². The first kappa shape index (κ1) is 18.7. The first-order valence-electron chi connectivity index (χ1n) is 9.30. The summed E-state index contributed by atoms with van der Waals surface area (Å²) in [7, 11) is 0. The summed E-state index contributed by atoms with van der Waals surface area (Å²) >= 11 is 1.12. The number of anilines is 2. The molecule has 2 aliphatic rings. The molecule has 0 amide bonds. The molecule has 1 aliphatic carbocycles. The van der Waals surface area contributed by atoms with Crippen molar-refractivity contribution in [1.82, 2.24) is 0 Å². The van der Waals surface area contributed by atoms with Crippen molar-refractivity contribution >= 4 is 33.5 Å². The minimum absolute atomic E-state index is 0.0834. The molecule has 0 fully saturated rings. The van der Waals surface area contributed by atoms with E-state index in [2.05, 4.69) is 50.5 Å². The summed E-state index contributed by atoms with van der Waals surface area (Å²) in [6.07, 6.45) is 1.22. The quantitative estimate of drug-likeness (QED) is 0.517. The van der Waals surface area contributed by atoms with E-state index in [4.69, 9.17) is 0 Å². The molecule has 7 heteroatoms. The molecule has 0 radical (unpaired) electrons. The van der Waals surface area contributed by atoms with E-state index in [0.717, 1.165) is 45.3 Å². The van der Waals surface area contributed by atoms with Gasteiger partial charge in [-0.2, -0.15) is 0 Å². The van der Waals surface area contributed by atoms with Crippen LogP contribution in [0.1, 0.15) is 48.7 Å². The third-order valence-corrected chi connectivity index (χ3v) is 6.61. The molecule has 146 valence electrons. The molecule has 2 heterocycles. The number of allylic oxidation sites excluding steroid dienone is 1. The van der Waals surface area contributed by atoms with Crippen molar-refractivity contribution in [2.75, 3.05) is 10.6 Å². The SMILES string of the molecule is Cc1cc2c(cc1C)N[C@@H](c1ccc([N+](=O)[O-])s1)C1=C(CC(C)(C)CC1=O)N2. The van der Waals surface area contributed by atoms with E-state index < -0.39 is 6.04 Å². The van der Waals surface area contributed by atoms with Gasteiger partial charge < -0.3 is 10.6 Å². The number of hydrogen-bond acceptors (Lipinski definition) is 6. The zero-order chi connectivity index (χ0) is 20.2. The summed E-state index contributed by atoms with van der Waals surface area (Å²) in [5.74, 6) is 0.0913. The fraction of sp³-hybridized carbons (Fsp3) is 0.381. The number of fused-ring (bicyclic) bond motifs is 1.